The summed E-state index contributed by atoms with van der Waals surface area (Å²) in [6.07, 6.45) is -1.00. The molecule has 0 saturated carbocycles. The molecule has 1 aliphatic heterocycles. The second-order valence-electron chi connectivity index (χ2n) is 5.90. The molecule has 0 N–H and O–H groups in total. The molecule has 4 rings (SSSR count). The minimum Gasteiger partial charge on any atom is -0.476 e. The van der Waals surface area contributed by atoms with E-state index in [4.69, 9.17) is 19.2 Å². The quantitative estimate of drug-likeness (QED) is 0.523. The van der Waals surface area contributed by atoms with Crippen LogP contribution in [0.4, 0.5) is 0 Å². The minimum absolute atomic E-state index is 0.281. The lowest BCUT2D eigenvalue weighted by Crippen LogP contribution is -2.31. The molecule has 1 aromatic heterocycles. The number of ether oxygens (including phenoxy) is 2. The Labute approximate surface area is 148 Å². The molecule has 2 atom stereocenters. The van der Waals surface area contributed by atoms with Crippen LogP contribution in [0.15, 0.2) is 57.7 Å². The first-order chi connectivity index (χ1) is 12.6. The van der Waals surface area contributed by atoms with Gasteiger partial charge in [0.15, 0.2) is 0 Å². The van der Waals surface area contributed by atoms with Crippen molar-refractivity contribution in [3.05, 3.63) is 75.6 Å². The molecule has 0 saturated heterocycles. The minimum atomic E-state index is -1.00. The summed E-state index contributed by atoms with van der Waals surface area (Å²) in [5, 5.41) is 9.60. The highest BCUT2D eigenvalue weighted by molar-refractivity contribution is 5.88. The molecule has 6 heteroatoms. The lowest BCUT2D eigenvalue weighted by atomic mass is 9.88. The Kier molecular flexibility index (Phi) is 3.70. The molecule has 0 aliphatic carbocycles. The van der Waals surface area contributed by atoms with Gasteiger partial charge in [-0.3, -0.25) is 0 Å². The number of nitriles is 1. The zero-order chi connectivity index (χ0) is 18.3. The zero-order valence-corrected chi connectivity index (χ0v) is 13.8. The van der Waals surface area contributed by atoms with Gasteiger partial charge in [0.25, 0.3) is 0 Å². The number of carbonyl (C=O) groups is 1. The van der Waals surface area contributed by atoms with E-state index in [2.05, 4.69) is 0 Å². The van der Waals surface area contributed by atoms with Crippen LogP contribution in [0.2, 0.25) is 0 Å². The fourth-order valence-corrected chi connectivity index (χ4v) is 3.28. The number of fused-ring (bicyclic) bond motifs is 3. The van der Waals surface area contributed by atoms with Gasteiger partial charge in [0.2, 0.25) is 6.10 Å². The van der Waals surface area contributed by atoms with Crippen molar-refractivity contribution in [3.8, 4) is 11.8 Å². The predicted octanol–water partition coefficient (Wildman–Crippen LogP) is 2.73. The first-order valence-electron chi connectivity index (χ1n) is 7.94. The van der Waals surface area contributed by atoms with Crippen LogP contribution in [0.5, 0.6) is 5.75 Å². The molecule has 0 unspecified atom stereocenters. The molecule has 1 aliphatic rings. The number of carbonyl (C=O) groups excluding carboxylic acids is 1. The fraction of sp³-hybridized carbons (Fsp3) is 0.150. The van der Waals surface area contributed by atoms with E-state index in [-0.39, 0.29) is 5.56 Å². The second-order valence-corrected chi connectivity index (χ2v) is 5.90. The second kappa shape index (κ2) is 6.05. The number of rotatable bonds is 2. The smallest absolute Gasteiger partial charge is 0.348 e. The number of benzene rings is 2. The molecule has 0 fully saturated rings. The average Bonchev–Trinajstić information content (AvgIpc) is 3.09. The highest BCUT2D eigenvalue weighted by Gasteiger charge is 2.44. The van der Waals surface area contributed by atoms with Gasteiger partial charge < -0.3 is 13.9 Å². The molecule has 26 heavy (non-hydrogen) atoms. The van der Waals surface area contributed by atoms with Gasteiger partial charge in [-0.2, -0.15) is 5.26 Å². The number of para-hydroxylation sites is 1. The molecule has 6 nitrogen and oxygen atoms in total. The maximum atomic E-state index is 12.6. The predicted molar refractivity (Wildman–Crippen MR) is 91.9 cm³/mol. The summed E-state index contributed by atoms with van der Waals surface area (Å²) < 4.78 is 16.2. The van der Waals surface area contributed by atoms with Crippen molar-refractivity contribution in [1.29, 1.82) is 5.26 Å². The Morgan fingerprint density at radius 2 is 1.88 bits per heavy atom. The van der Waals surface area contributed by atoms with E-state index in [0.717, 1.165) is 0 Å². The van der Waals surface area contributed by atoms with Crippen molar-refractivity contribution >= 4 is 16.9 Å². The van der Waals surface area contributed by atoms with Crippen LogP contribution in [0.1, 0.15) is 22.6 Å². The summed E-state index contributed by atoms with van der Waals surface area (Å²) in [4.78, 5) is 24.9. The monoisotopic (exact) mass is 347 g/mol. The van der Waals surface area contributed by atoms with Crippen LogP contribution in [0, 0.1) is 11.3 Å². The largest absolute Gasteiger partial charge is 0.476 e. The number of esters is 1. The molecule has 2 heterocycles. The van der Waals surface area contributed by atoms with E-state index in [0.29, 0.717) is 27.8 Å². The van der Waals surface area contributed by atoms with Crippen molar-refractivity contribution in [2.45, 2.75) is 12.0 Å². The van der Waals surface area contributed by atoms with E-state index in [1.807, 2.05) is 6.07 Å². The van der Waals surface area contributed by atoms with Gasteiger partial charge in [-0.1, -0.05) is 24.3 Å². The highest BCUT2D eigenvalue weighted by atomic mass is 16.6. The Morgan fingerprint density at radius 1 is 1.15 bits per heavy atom. The average molecular weight is 347 g/mol. The van der Waals surface area contributed by atoms with Crippen molar-refractivity contribution in [3.63, 3.8) is 0 Å². The molecular weight excluding hydrogens is 334 g/mol. The van der Waals surface area contributed by atoms with Crippen LogP contribution in [0.25, 0.3) is 11.0 Å². The first-order valence-corrected chi connectivity index (χ1v) is 7.94. The van der Waals surface area contributed by atoms with Crippen LogP contribution >= 0.6 is 0 Å². The van der Waals surface area contributed by atoms with E-state index < -0.39 is 23.6 Å². The van der Waals surface area contributed by atoms with Crippen LogP contribution in [-0.4, -0.2) is 19.2 Å². The van der Waals surface area contributed by atoms with Gasteiger partial charge in [0, 0.05) is 0 Å². The van der Waals surface area contributed by atoms with E-state index in [1.54, 1.807) is 48.5 Å². The Morgan fingerprint density at radius 3 is 2.58 bits per heavy atom. The van der Waals surface area contributed by atoms with Crippen molar-refractivity contribution in [1.82, 2.24) is 0 Å². The lowest BCUT2D eigenvalue weighted by molar-refractivity contribution is -0.148. The fourth-order valence-electron chi connectivity index (χ4n) is 3.28. The van der Waals surface area contributed by atoms with Crippen LogP contribution in [0.3, 0.4) is 0 Å². The number of nitrogens with zero attached hydrogens (tertiary/aromatic N) is 1. The van der Waals surface area contributed by atoms with Gasteiger partial charge in [-0.25, -0.2) is 9.59 Å². The Balaban J connectivity index is 1.96. The zero-order valence-electron chi connectivity index (χ0n) is 13.8. The van der Waals surface area contributed by atoms with Crippen LogP contribution in [-0.2, 0) is 9.53 Å². The Bertz CT molecular complexity index is 1110. The Hall–Kier alpha value is -3.59. The highest BCUT2D eigenvalue weighted by Crippen LogP contribution is 2.44. The summed E-state index contributed by atoms with van der Waals surface area (Å²) in [5.74, 6) is -0.924. The van der Waals surface area contributed by atoms with Gasteiger partial charge in [0.05, 0.1) is 35.6 Å². The summed E-state index contributed by atoms with van der Waals surface area (Å²) in [6.45, 7) is 0. The molecular formula is C20H13NO5. The molecule has 0 amide bonds. The third kappa shape index (κ3) is 2.33. The third-order valence-electron chi connectivity index (χ3n) is 4.49. The normalized spacial score (nSPS) is 18.0. The van der Waals surface area contributed by atoms with Crippen LogP contribution < -0.4 is 10.4 Å². The molecule has 0 spiro atoms. The van der Waals surface area contributed by atoms with Gasteiger partial charge in [0.1, 0.15) is 11.3 Å². The first kappa shape index (κ1) is 15.9. The lowest BCUT2D eigenvalue weighted by Gasteiger charge is -2.16. The van der Waals surface area contributed by atoms with Crippen molar-refractivity contribution in [2.24, 2.45) is 0 Å². The van der Waals surface area contributed by atoms with E-state index >= 15 is 0 Å². The molecule has 2 aromatic carbocycles. The van der Waals surface area contributed by atoms with Crippen molar-refractivity contribution in [2.75, 3.05) is 7.11 Å². The SMILES string of the molecule is COC(=O)[C@@H]1Oc2c(c(=O)oc3ccccc23)[C@H]1c1ccc(C#N)cc1. The van der Waals surface area contributed by atoms with Gasteiger partial charge >= 0.3 is 11.6 Å². The summed E-state index contributed by atoms with van der Waals surface area (Å²) in [6, 6.07) is 15.7. The summed E-state index contributed by atoms with van der Waals surface area (Å²) in [7, 11) is 1.27. The topological polar surface area (TPSA) is 89.5 Å². The van der Waals surface area contributed by atoms with Gasteiger partial charge in [-0.15, -0.1) is 0 Å². The maximum absolute atomic E-state index is 12.6. The number of hydrogen-bond donors (Lipinski definition) is 0. The third-order valence-corrected chi connectivity index (χ3v) is 4.49. The molecule has 0 radical (unpaired) electrons. The van der Waals surface area contributed by atoms with Crippen molar-refractivity contribution < 1.29 is 18.7 Å². The summed E-state index contributed by atoms with van der Waals surface area (Å²) in [5.41, 5.74) is 1.26. The van der Waals surface area contributed by atoms with E-state index in [9.17, 15) is 9.59 Å². The molecule has 0 bridgehead atoms. The van der Waals surface area contributed by atoms with E-state index in [1.165, 1.54) is 7.11 Å². The standard InChI is InChI=1S/C20H13NO5/c1-24-20(23)18-15(12-8-6-11(10-21)7-9-12)16-17(26-18)13-4-2-3-5-14(13)25-19(16)22/h2-9,15,18H,1H3/t15-,18-/m1/s1. The molecule has 128 valence electrons. The number of methoxy groups -OCH3 is 1. The number of hydrogen-bond acceptors (Lipinski definition) is 6. The maximum Gasteiger partial charge on any atom is 0.348 e. The van der Waals surface area contributed by atoms with Gasteiger partial charge in [-0.05, 0) is 29.8 Å². The molecule has 3 aromatic rings. The summed E-state index contributed by atoms with van der Waals surface area (Å²) >= 11 is 0.